The lowest BCUT2D eigenvalue weighted by molar-refractivity contribution is 0.219. The fraction of sp³-hybridized carbons (Fsp3) is 0.0769. The van der Waals surface area contributed by atoms with E-state index >= 15 is 0 Å². The second-order valence-electron chi connectivity index (χ2n) is 3.74. The molecule has 0 amide bonds. The van der Waals surface area contributed by atoms with Crippen molar-refractivity contribution in [1.29, 1.82) is 0 Å². The molecule has 2 aromatic carbocycles. The summed E-state index contributed by atoms with van der Waals surface area (Å²) in [6.07, 6.45) is -1.11. The number of rotatable bonds is 2. The smallest absolute Gasteiger partial charge is 0.137 e. The molecule has 0 bridgehead atoms. The molecule has 2 rings (SSSR count). The van der Waals surface area contributed by atoms with Crippen LogP contribution in [0.1, 0.15) is 17.2 Å². The predicted molar refractivity (Wildman–Crippen MR) is 69.6 cm³/mol. The molecule has 0 radical (unpaired) electrons. The van der Waals surface area contributed by atoms with Crippen LogP contribution >= 0.6 is 27.5 Å². The fourth-order valence-corrected chi connectivity index (χ4v) is 2.20. The molecule has 0 aliphatic heterocycles. The van der Waals surface area contributed by atoms with Gasteiger partial charge in [-0.15, -0.1) is 0 Å². The zero-order valence-corrected chi connectivity index (χ0v) is 11.3. The van der Waals surface area contributed by atoms with Crippen molar-refractivity contribution < 1.29 is 13.9 Å². The van der Waals surface area contributed by atoms with Gasteiger partial charge in [0.05, 0.1) is 4.47 Å². The molecule has 0 saturated carbocycles. The quantitative estimate of drug-likeness (QED) is 0.860. The van der Waals surface area contributed by atoms with Gasteiger partial charge < -0.3 is 5.11 Å². The molecule has 1 unspecified atom stereocenters. The van der Waals surface area contributed by atoms with E-state index in [2.05, 4.69) is 15.9 Å². The molecule has 5 heteroatoms. The standard InChI is InChI=1S/C13H8BrClF2O/c14-10-5-7(1-4-12(10)17)13(18)9-6-8(16)2-3-11(9)15/h1-6,13,18H. The minimum absolute atomic E-state index is 0.228. The minimum Gasteiger partial charge on any atom is -0.384 e. The minimum atomic E-state index is -1.11. The van der Waals surface area contributed by atoms with Crippen LogP contribution in [0.15, 0.2) is 40.9 Å². The molecule has 0 heterocycles. The van der Waals surface area contributed by atoms with Crippen molar-refractivity contribution in [2.75, 3.05) is 0 Å². The van der Waals surface area contributed by atoms with E-state index in [9.17, 15) is 13.9 Å². The number of benzene rings is 2. The summed E-state index contributed by atoms with van der Waals surface area (Å²) < 4.78 is 26.4. The first-order chi connectivity index (χ1) is 8.49. The van der Waals surface area contributed by atoms with Gasteiger partial charge in [-0.1, -0.05) is 17.7 Å². The summed E-state index contributed by atoms with van der Waals surface area (Å²) in [6, 6.07) is 7.81. The highest BCUT2D eigenvalue weighted by Gasteiger charge is 2.16. The monoisotopic (exact) mass is 332 g/mol. The van der Waals surface area contributed by atoms with Gasteiger partial charge >= 0.3 is 0 Å². The maximum absolute atomic E-state index is 13.1. The summed E-state index contributed by atoms with van der Waals surface area (Å²) in [5.74, 6) is -0.925. The third-order valence-electron chi connectivity index (χ3n) is 2.51. The van der Waals surface area contributed by atoms with Crippen molar-refractivity contribution in [2.45, 2.75) is 6.10 Å². The molecule has 0 aliphatic carbocycles. The van der Waals surface area contributed by atoms with Gasteiger partial charge in [-0.05, 0) is 51.8 Å². The van der Waals surface area contributed by atoms with Crippen LogP contribution in [-0.4, -0.2) is 5.11 Å². The van der Waals surface area contributed by atoms with Gasteiger partial charge in [0.2, 0.25) is 0 Å². The summed E-state index contributed by atoms with van der Waals surface area (Å²) in [7, 11) is 0. The Balaban J connectivity index is 2.44. The Morgan fingerprint density at radius 3 is 2.50 bits per heavy atom. The van der Waals surface area contributed by atoms with Crippen LogP contribution in [0, 0.1) is 11.6 Å². The first-order valence-corrected chi connectivity index (χ1v) is 6.24. The molecule has 0 saturated heterocycles. The zero-order chi connectivity index (χ0) is 13.3. The van der Waals surface area contributed by atoms with Crippen LogP contribution in [0.4, 0.5) is 8.78 Å². The van der Waals surface area contributed by atoms with Crippen molar-refractivity contribution in [3.05, 3.63) is 68.7 Å². The van der Waals surface area contributed by atoms with Gasteiger partial charge in [0.25, 0.3) is 0 Å². The molecule has 94 valence electrons. The number of aliphatic hydroxyl groups excluding tert-OH is 1. The van der Waals surface area contributed by atoms with Crippen molar-refractivity contribution in [2.24, 2.45) is 0 Å². The summed E-state index contributed by atoms with van der Waals surface area (Å²) >= 11 is 8.93. The van der Waals surface area contributed by atoms with E-state index in [4.69, 9.17) is 11.6 Å². The fourth-order valence-electron chi connectivity index (χ4n) is 1.59. The average molecular weight is 334 g/mol. The number of halogens is 4. The SMILES string of the molecule is OC(c1ccc(F)c(Br)c1)c1cc(F)ccc1Cl. The van der Waals surface area contributed by atoms with Crippen molar-refractivity contribution in [3.8, 4) is 0 Å². The Hall–Kier alpha value is -0.970. The Kier molecular flexibility index (Phi) is 4.00. The van der Waals surface area contributed by atoms with Crippen LogP contribution in [-0.2, 0) is 0 Å². The number of aliphatic hydroxyl groups is 1. The third kappa shape index (κ3) is 2.71. The lowest BCUT2D eigenvalue weighted by Crippen LogP contribution is -2.01. The highest BCUT2D eigenvalue weighted by molar-refractivity contribution is 9.10. The zero-order valence-electron chi connectivity index (χ0n) is 9.00. The Morgan fingerprint density at radius 2 is 1.83 bits per heavy atom. The van der Waals surface area contributed by atoms with E-state index in [1.165, 1.54) is 30.3 Å². The van der Waals surface area contributed by atoms with Crippen LogP contribution < -0.4 is 0 Å². The normalized spacial score (nSPS) is 12.5. The van der Waals surface area contributed by atoms with E-state index in [-0.39, 0.29) is 15.1 Å². The maximum atomic E-state index is 13.1. The largest absolute Gasteiger partial charge is 0.384 e. The van der Waals surface area contributed by atoms with Gasteiger partial charge in [-0.2, -0.15) is 0 Å². The third-order valence-corrected chi connectivity index (χ3v) is 3.46. The van der Waals surface area contributed by atoms with Gasteiger partial charge in [-0.25, -0.2) is 8.78 Å². The summed E-state index contributed by atoms with van der Waals surface area (Å²) in [6.45, 7) is 0. The van der Waals surface area contributed by atoms with Gasteiger partial charge in [0.1, 0.15) is 17.7 Å². The molecule has 1 atom stereocenters. The van der Waals surface area contributed by atoms with Crippen molar-refractivity contribution in [3.63, 3.8) is 0 Å². The number of hydrogen-bond donors (Lipinski definition) is 1. The van der Waals surface area contributed by atoms with E-state index in [1.807, 2.05) is 0 Å². The summed E-state index contributed by atoms with van der Waals surface area (Å²) in [4.78, 5) is 0. The van der Waals surface area contributed by atoms with E-state index < -0.39 is 17.7 Å². The Morgan fingerprint density at radius 1 is 1.11 bits per heavy atom. The highest BCUT2D eigenvalue weighted by Crippen LogP contribution is 2.30. The van der Waals surface area contributed by atoms with Crippen LogP contribution in [0.25, 0.3) is 0 Å². The molecular formula is C13H8BrClF2O. The van der Waals surface area contributed by atoms with E-state index in [1.54, 1.807) is 0 Å². The highest BCUT2D eigenvalue weighted by atomic mass is 79.9. The second kappa shape index (κ2) is 5.34. The van der Waals surface area contributed by atoms with Crippen molar-refractivity contribution >= 4 is 27.5 Å². The first kappa shape index (κ1) is 13.5. The maximum Gasteiger partial charge on any atom is 0.137 e. The molecule has 0 spiro atoms. The van der Waals surface area contributed by atoms with Crippen LogP contribution in [0.2, 0.25) is 5.02 Å². The topological polar surface area (TPSA) is 20.2 Å². The predicted octanol–water partition coefficient (Wildman–Crippen LogP) is 4.46. The molecule has 18 heavy (non-hydrogen) atoms. The summed E-state index contributed by atoms with van der Waals surface area (Å²) in [5.41, 5.74) is 0.672. The summed E-state index contributed by atoms with van der Waals surface area (Å²) in [5, 5.41) is 10.4. The Labute approximate surface area is 116 Å². The second-order valence-corrected chi connectivity index (χ2v) is 5.00. The Bertz CT molecular complexity index is 589. The molecule has 0 fully saturated rings. The first-order valence-electron chi connectivity index (χ1n) is 5.07. The molecule has 0 aromatic heterocycles. The van der Waals surface area contributed by atoms with Crippen molar-refractivity contribution in [1.82, 2.24) is 0 Å². The van der Waals surface area contributed by atoms with E-state index in [0.717, 1.165) is 6.07 Å². The number of hydrogen-bond acceptors (Lipinski definition) is 1. The van der Waals surface area contributed by atoms with Gasteiger partial charge in [0.15, 0.2) is 0 Å². The lowest BCUT2D eigenvalue weighted by atomic mass is 10.0. The van der Waals surface area contributed by atoms with Gasteiger partial charge in [-0.3, -0.25) is 0 Å². The van der Waals surface area contributed by atoms with E-state index in [0.29, 0.717) is 5.56 Å². The van der Waals surface area contributed by atoms with Crippen LogP contribution in [0.3, 0.4) is 0 Å². The average Bonchev–Trinajstić information content (AvgIpc) is 2.35. The van der Waals surface area contributed by atoms with Crippen LogP contribution in [0.5, 0.6) is 0 Å². The molecule has 2 aromatic rings. The lowest BCUT2D eigenvalue weighted by Gasteiger charge is -2.13. The van der Waals surface area contributed by atoms with Gasteiger partial charge in [0, 0.05) is 10.6 Å². The molecule has 0 aliphatic rings. The molecular weight excluding hydrogens is 325 g/mol. The molecule has 1 N–H and O–H groups in total. The molecule has 1 nitrogen and oxygen atoms in total.